The highest BCUT2D eigenvalue weighted by atomic mass is 16.5. The van der Waals surface area contributed by atoms with E-state index in [-0.39, 0.29) is 37.1 Å². The van der Waals surface area contributed by atoms with Gasteiger partial charge in [-0.3, -0.25) is 0 Å². The molecule has 0 saturated carbocycles. The molecule has 8 nitrogen and oxygen atoms in total. The first-order chi connectivity index (χ1) is 18.1. The molecule has 3 N–H and O–H groups in total. The predicted molar refractivity (Wildman–Crippen MR) is 164 cm³/mol. The van der Waals surface area contributed by atoms with Crippen LogP contribution in [-0.4, -0.2) is 93.7 Å². The Morgan fingerprint density at radius 1 is 0.683 bits per heavy atom. The molecule has 0 aromatic heterocycles. The first-order valence-corrected chi connectivity index (χ1v) is 15.5. The van der Waals surface area contributed by atoms with E-state index in [1.807, 2.05) is 6.92 Å². The molecule has 1 aliphatic rings. The summed E-state index contributed by atoms with van der Waals surface area (Å²) < 4.78 is 32.4. The van der Waals surface area contributed by atoms with E-state index in [9.17, 15) is 15.3 Å². The van der Waals surface area contributed by atoms with Crippen molar-refractivity contribution in [2.75, 3.05) is 33.0 Å². The molecule has 4 unspecified atom stereocenters. The summed E-state index contributed by atoms with van der Waals surface area (Å²) in [4.78, 5) is 0. The van der Waals surface area contributed by atoms with E-state index in [1.165, 1.54) is 0 Å². The van der Waals surface area contributed by atoms with Gasteiger partial charge in [-0.1, -0.05) is 0 Å². The summed E-state index contributed by atoms with van der Waals surface area (Å²) in [6.07, 6.45) is 0.906. The van der Waals surface area contributed by atoms with E-state index in [0.29, 0.717) is 32.7 Å². The minimum absolute atomic E-state index is 0.0727. The highest BCUT2D eigenvalue weighted by molar-refractivity contribution is 5.06. The lowest BCUT2D eigenvalue weighted by Gasteiger charge is -2.49. The van der Waals surface area contributed by atoms with Gasteiger partial charge in [-0.2, -0.15) is 0 Å². The van der Waals surface area contributed by atoms with E-state index in [4.69, 9.17) is 23.7 Å². The molecular formula is C33H66O8. The highest BCUT2D eigenvalue weighted by Crippen LogP contribution is 2.50. The number of rotatable bonds is 18. The summed E-state index contributed by atoms with van der Waals surface area (Å²) in [7, 11) is 0. The average Bonchev–Trinajstić information content (AvgIpc) is 3.20. The summed E-state index contributed by atoms with van der Waals surface area (Å²) in [6.45, 7) is 31.0. The van der Waals surface area contributed by atoms with Crippen molar-refractivity contribution in [3.63, 3.8) is 0 Å². The van der Waals surface area contributed by atoms with Gasteiger partial charge in [0.25, 0.3) is 0 Å². The third-order valence-corrected chi connectivity index (χ3v) is 8.27. The van der Waals surface area contributed by atoms with Crippen molar-refractivity contribution in [1.82, 2.24) is 0 Å². The molecule has 1 saturated heterocycles. The quantitative estimate of drug-likeness (QED) is 0.191. The highest BCUT2D eigenvalue weighted by Gasteiger charge is 2.58. The van der Waals surface area contributed by atoms with Crippen LogP contribution in [0, 0.1) is 17.8 Å². The number of hydrogen-bond acceptors (Lipinski definition) is 8. The molecule has 0 aromatic rings. The van der Waals surface area contributed by atoms with Gasteiger partial charge in [0.1, 0.15) is 0 Å². The Hall–Kier alpha value is -0.320. The monoisotopic (exact) mass is 590 g/mol. The maximum Gasteiger partial charge on any atom is 0.0824 e. The van der Waals surface area contributed by atoms with Crippen LogP contribution >= 0.6 is 0 Å². The third-order valence-electron chi connectivity index (χ3n) is 8.27. The van der Waals surface area contributed by atoms with Crippen LogP contribution in [0.2, 0.25) is 0 Å². The molecule has 41 heavy (non-hydrogen) atoms. The fraction of sp³-hybridized carbons (Fsp3) is 1.00. The summed E-state index contributed by atoms with van der Waals surface area (Å²) >= 11 is 0. The van der Waals surface area contributed by atoms with Gasteiger partial charge in [0.05, 0.1) is 71.7 Å². The molecule has 1 rings (SSSR count). The predicted octanol–water partition coefficient (Wildman–Crippen LogP) is 5.53. The first-order valence-electron chi connectivity index (χ1n) is 15.5. The average molecular weight is 591 g/mol. The Labute approximate surface area is 251 Å². The summed E-state index contributed by atoms with van der Waals surface area (Å²) in [6, 6.07) is 0. The van der Waals surface area contributed by atoms with Crippen LogP contribution in [0.3, 0.4) is 0 Å². The zero-order chi connectivity index (χ0) is 32.3. The van der Waals surface area contributed by atoms with E-state index in [1.54, 1.807) is 41.5 Å². The Balaban J connectivity index is 3.61. The second kappa shape index (κ2) is 13.8. The van der Waals surface area contributed by atoms with E-state index >= 15 is 0 Å². The van der Waals surface area contributed by atoms with Gasteiger partial charge in [0.2, 0.25) is 0 Å². The van der Waals surface area contributed by atoms with E-state index in [0.717, 1.165) is 0 Å². The molecule has 246 valence electrons. The van der Waals surface area contributed by atoms with Crippen LogP contribution in [0.5, 0.6) is 0 Å². The van der Waals surface area contributed by atoms with Gasteiger partial charge < -0.3 is 39.0 Å². The summed E-state index contributed by atoms with van der Waals surface area (Å²) in [5.41, 5.74) is -5.19. The molecule has 8 heteroatoms. The molecule has 0 spiro atoms. The van der Waals surface area contributed by atoms with Gasteiger partial charge in [0.15, 0.2) is 0 Å². The zero-order valence-corrected chi connectivity index (χ0v) is 29.1. The number of hydrogen-bond donors (Lipinski definition) is 3. The van der Waals surface area contributed by atoms with Crippen LogP contribution in [-0.2, 0) is 23.7 Å². The molecule has 0 aliphatic carbocycles. The van der Waals surface area contributed by atoms with Gasteiger partial charge in [-0.15, -0.1) is 0 Å². The van der Waals surface area contributed by atoms with Crippen LogP contribution in [0.4, 0.5) is 0 Å². The third kappa shape index (κ3) is 13.1. The lowest BCUT2D eigenvalue weighted by Crippen LogP contribution is -2.56. The van der Waals surface area contributed by atoms with Gasteiger partial charge in [-0.25, -0.2) is 0 Å². The minimum Gasteiger partial charge on any atom is -0.390 e. The Bertz CT molecular complexity index is 783. The van der Waals surface area contributed by atoms with Gasteiger partial charge >= 0.3 is 0 Å². The second-order valence-electron chi connectivity index (χ2n) is 16.4. The maximum absolute atomic E-state index is 10.5. The van der Waals surface area contributed by atoms with E-state index < -0.39 is 39.2 Å². The summed E-state index contributed by atoms with van der Waals surface area (Å²) in [5, 5.41) is 31.3. The Morgan fingerprint density at radius 3 is 1.61 bits per heavy atom. The lowest BCUT2D eigenvalue weighted by molar-refractivity contribution is -0.184. The Morgan fingerprint density at radius 2 is 1.17 bits per heavy atom. The lowest BCUT2D eigenvalue weighted by atomic mass is 9.65. The molecule has 1 heterocycles. The molecule has 1 fully saturated rings. The van der Waals surface area contributed by atoms with Gasteiger partial charge in [-0.05, 0) is 117 Å². The van der Waals surface area contributed by atoms with E-state index in [2.05, 4.69) is 55.4 Å². The summed E-state index contributed by atoms with van der Waals surface area (Å²) in [5.74, 6) is -0.311. The van der Waals surface area contributed by atoms with Crippen molar-refractivity contribution in [3.05, 3.63) is 0 Å². The standard InChI is InChI=1S/C33H66O8/c1-16-38-30(8,9)19-23(31(10,11)39-18-17-27(2,3)34)26-25(33(14,15)41-22-29(6,7)36)24(20-37-26)32(12,13)40-21-28(4,5)35/h23-26,34-36H,16-22H2,1-15H3. The molecule has 0 amide bonds. The molecule has 0 radical (unpaired) electrons. The van der Waals surface area contributed by atoms with Crippen molar-refractivity contribution in [1.29, 1.82) is 0 Å². The van der Waals surface area contributed by atoms with Crippen molar-refractivity contribution < 1.29 is 39.0 Å². The van der Waals surface area contributed by atoms with Crippen LogP contribution in [0.25, 0.3) is 0 Å². The first kappa shape index (κ1) is 38.7. The molecule has 0 bridgehead atoms. The van der Waals surface area contributed by atoms with Crippen LogP contribution < -0.4 is 0 Å². The number of aliphatic hydroxyl groups is 3. The van der Waals surface area contributed by atoms with Crippen molar-refractivity contribution in [3.8, 4) is 0 Å². The van der Waals surface area contributed by atoms with Crippen LogP contribution in [0.15, 0.2) is 0 Å². The minimum atomic E-state index is -0.996. The van der Waals surface area contributed by atoms with Gasteiger partial charge in [0, 0.05) is 24.4 Å². The van der Waals surface area contributed by atoms with Crippen molar-refractivity contribution in [2.24, 2.45) is 17.8 Å². The fourth-order valence-corrected chi connectivity index (χ4v) is 5.87. The molecule has 1 aliphatic heterocycles. The fourth-order valence-electron chi connectivity index (χ4n) is 5.87. The van der Waals surface area contributed by atoms with Crippen LogP contribution in [0.1, 0.15) is 117 Å². The normalized spacial score (nSPS) is 22.8. The Kier molecular flexibility index (Phi) is 13.0. The maximum atomic E-state index is 10.5. The second-order valence-corrected chi connectivity index (χ2v) is 16.4. The topological polar surface area (TPSA) is 107 Å². The van der Waals surface area contributed by atoms with Crippen molar-refractivity contribution in [2.45, 2.75) is 162 Å². The SMILES string of the molecule is CCOC(C)(C)CC(C1OCC(C(C)(C)OCC(C)(C)O)C1C(C)(C)OCC(C)(C)O)C(C)(C)OCCC(C)(C)O. The zero-order valence-electron chi connectivity index (χ0n) is 29.1. The molecule has 0 aromatic carbocycles. The number of ether oxygens (including phenoxy) is 5. The smallest absolute Gasteiger partial charge is 0.0824 e. The van der Waals surface area contributed by atoms with Crippen molar-refractivity contribution >= 4 is 0 Å². The largest absolute Gasteiger partial charge is 0.390 e. The molecule has 4 atom stereocenters. The molecular weight excluding hydrogens is 524 g/mol.